The minimum atomic E-state index is 0.332. The highest BCUT2D eigenvalue weighted by atomic mass is 32.1. The molecular weight excluding hydrogens is 404 g/mol. The minimum absolute atomic E-state index is 0.332. The highest BCUT2D eigenvalue weighted by Gasteiger charge is 2.25. The van der Waals surface area contributed by atoms with Gasteiger partial charge < -0.3 is 20.7 Å². The molecule has 6 heteroatoms. The van der Waals surface area contributed by atoms with E-state index >= 15 is 0 Å². The van der Waals surface area contributed by atoms with E-state index in [1.807, 2.05) is 6.07 Å². The highest BCUT2D eigenvalue weighted by Crippen LogP contribution is 2.27. The van der Waals surface area contributed by atoms with Gasteiger partial charge in [0.15, 0.2) is 0 Å². The zero-order chi connectivity index (χ0) is 21.6. The molecule has 0 bridgehead atoms. The Kier molecular flexibility index (Phi) is 7.22. The molecule has 0 saturated carbocycles. The summed E-state index contributed by atoms with van der Waals surface area (Å²) in [6.45, 7) is 6.76. The van der Waals surface area contributed by atoms with Crippen LogP contribution in [0.3, 0.4) is 0 Å². The molecule has 164 valence electrons. The smallest absolute Gasteiger partial charge is 0.123 e. The van der Waals surface area contributed by atoms with Gasteiger partial charge in [0.1, 0.15) is 10.8 Å². The monoisotopic (exact) mass is 436 g/mol. The number of nitrogens with one attached hydrogen (secondary N) is 3. The maximum Gasteiger partial charge on any atom is 0.123 e. The van der Waals surface area contributed by atoms with E-state index in [9.17, 15) is 0 Å². The van der Waals surface area contributed by atoms with Crippen LogP contribution in [-0.4, -0.2) is 24.7 Å². The van der Waals surface area contributed by atoms with Gasteiger partial charge in [0, 0.05) is 34.8 Å². The SMILES string of the molecule is COc1ccc(NCc2nc(C)c(C)s2)cc1CN[C@H]1CCCN[C@H]1c1ccccc1. The Morgan fingerprint density at radius 1 is 1.13 bits per heavy atom. The van der Waals surface area contributed by atoms with Crippen LogP contribution in [-0.2, 0) is 13.1 Å². The topological polar surface area (TPSA) is 58.2 Å². The third-order valence-corrected chi connectivity index (χ3v) is 7.04. The van der Waals surface area contributed by atoms with E-state index in [2.05, 4.69) is 77.2 Å². The van der Waals surface area contributed by atoms with Crippen LogP contribution in [0.4, 0.5) is 5.69 Å². The third kappa shape index (κ3) is 5.45. The zero-order valence-corrected chi connectivity index (χ0v) is 19.4. The number of hydrogen-bond acceptors (Lipinski definition) is 6. The first-order valence-corrected chi connectivity index (χ1v) is 11.8. The molecule has 1 saturated heterocycles. The number of rotatable bonds is 8. The largest absolute Gasteiger partial charge is 0.496 e. The van der Waals surface area contributed by atoms with E-state index in [1.165, 1.54) is 16.9 Å². The fourth-order valence-corrected chi connectivity index (χ4v) is 5.05. The Bertz CT molecular complexity index is 969. The van der Waals surface area contributed by atoms with E-state index in [-0.39, 0.29) is 0 Å². The van der Waals surface area contributed by atoms with Crippen LogP contribution < -0.4 is 20.7 Å². The summed E-state index contributed by atoms with van der Waals surface area (Å²) in [5, 5.41) is 12.1. The number of aromatic nitrogens is 1. The Balaban J connectivity index is 1.43. The van der Waals surface area contributed by atoms with Gasteiger partial charge >= 0.3 is 0 Å². The lowest BCUT2D eigenvalue weighted by atomic mass is 9.92. The number of hydrogen-bond donors (Lipinski definition) is 3. The van der Waals surface area contributed by atoms with Crippen molar-refractivity contribution in [3.63, 3.8) is 0 Å². The Labute approximate surface area is 189 Å². The fraction of sp³-hybridized carbons (Fsp3) is 0.400. The summed E-state index contributed by atoms with van der Waals surface area (Å²) in [7, 11) is 1.74. The molecule has 1 fully saturated rings. The second kappa shape index (κ2) is 10.3. The Morgan fingerprint density at radius 2 is 1.97 bits per heavy atom. The Hall–Kier alpha value is -2.41. The number of benzene rings is 2. The zero-order valence-electron chi connectivity index (χ0n) is 18.6. The van der Waals surface area contributed by atoms with Crippen LogP contribution in [0.2, 0.25) is 0 Å². The number of nitrogens with zero attached hydrogens (tertiary/aromatic N) is 1. The molecule has 4 rings (SSSR count). The van der Waals surface area contributed by atoms with Crippen molar-refractivity contribution in [2.24, 2.45) is 0 Å². The van der Waals surface area contributed by atoms with Gasteiger partial charge in [-0.05, 0) is 57.0 Å². The first-order valence-electron chi connectivity index (χ1n) is 11.0. The second-order valence-corrected chi connectivity index (χ2v) is 9.39. The number of thiazole rings is 1. The standard InChI is InChI=1S/C25H32N4OS/c1-17-18(2)31-24(29-17)16-27-21-11-12-23(30-3)20(14-21)15-28-22-10-7-13-26-25(22)19-8-5-4-6-9-19/h4-6,8-9,11-12,14,22,25-28H,7,10,13,15-16H2,1-3H3/t22-,25-/m0/s1. The molecule has 1 aliphatic heterocycles. The number of aryl methyl sites for hydroxylation is 2. The lowest BCUT2D eigenvalue weighted by molar-refractivity contribution is 0.303. The number of anilines is 1. The summed E-state index contributed by atoms with van der Waals surface area (Å²) in [6.07, 6.45) is 2.35. The van der Waals surface area contributed by atoms with Crippen molar-refractivity contribution >= 4 is 17.0 Å². The first-order chi connectivity index (χ1) is 15.1. The number of methoxy groups -OCH3 is 1. The maximum absolute atomic E-state index is 5.64. The van der Waals surface area contributed by atoms with Crippen molar-refractivity contribution in [2.45, 2.75) is 51.9 Å². The van der Waals surface area contributed by atoms with Crippen LogP contribution in [0.1, 0.15) is 45.6 Å². The predicted molar refractivity (Wildman–Crippen MR) is 129 cm³/mol. The van der Waals surface area contributed by atoms with Crippen molar-refractivity contribution in [3.05, 3.63) is 75.2 Å². The molecule has 0 radical (unpaired) electrons. The average Bonchev–Trinajstić information content (AvgIpc) is 3.14. The van der Waals surface area contributed by atoms with Crippen molar-refractivity contribution < 1.29 is 4.74 Å². The summed E-state index contributed by atoms with van der Waals surface area (Å²) in [6, 6.07) is 17.8. The van der Waals surface area contributed by atoms with E-state index in [0.29, 0.717) is 12.1 Å². The number of ether oxygens (including phenoxy) is 1. The molecule has 0 unspecified atom stereocenters. The average molecular weight is 437 g/mol. The summed E-state index contributed by atoms with van der Waals surface area (Å²) >= 11 is 1.76. The minimum Gasteiger partial charge on any atom is -0.496 e. The maximum atomic E-state index is 5.64. The Morgan fingerprint density at radius 3 is 2.71 bits per heavy atom. The van der Waals surface area contributed by atoms with Gasteiger partial charge in [-0.2, -0.15) is 0 Å². The number of piperidine rings is 1. The van der Waals surface area contributed by atoms with Crippen LogP contribution in [0, 0.1) is 13.8 Å². The molecule has 31 heavy (non-hydrogen) atoms. The van der Waals surface area contributed by atoms with Crippen molar-refractivity contribution in [1.29, 1.82) is 0 Å². The molecule has 2 aromatic carbocycles. The van der Waals surface area contributed by atoms with E-state index in [1.54, 1.807) is 18.4 Å². The molecule has 1 aliphatic rings. The lowest BCUT2D eigenvalue weighted by Crippen LogP contribution is -2.45. The molecule has 3 aromatic rings. The normalized spacial score (nSPS) is 18.7. The van der Waals surface area contributed by atoms with Gasteiger partial charge in [0.05, 0.1) is 19.3 Å². The molecule has 1 aromatic heterocycles. The molecule has 0 spiro atoms. The molecule has 0 aliphatic carbocycles. The van der Waals surface area contributed by atoms with Crippen molar-refractivity contribution in [3.8, 4) is 5.75 Å². The molecular formula is C25H32N4OS. The van der Waals surface area contributed by atoms with E-state index in [0.717, 1.165) is 53.8 Å². The molecule has 0 amide bonds. The highest BCUT2D eigenvalue weighted by molar-refractivity contribution is 7.11. The molecule has 2 heterocycles. The summed E-state index contributed by atoms with van der Waals surface area (Å²) < 4.78 is 5.64. The van der Waals surface area contributed by atoms with Gasteiger partial charge in [0.25, 0.3) is 0 Å². The van der Waals surface area contributed by atoms with Crippen LogP contribution >= 0.6 is 11.3 Å². The van der Waals surface area contributed by atoms with Gasteiger partial charge in [-0.3, -0.25) is 0 Å². The molecule has 3 N–H and O–H groups in total. The summed E-state index contributed by atoms with van der Waals surface area (Å²) in [5.41, 5.74) is 4.72. The van der Waals surface area contributed by atoms with Crippen molar-refractivity contribution in [1.82, 2.24) is 15.6 Å². The lowest BCUT2D eigenvalue weighted by Gasteiger charge is -2.34. The molecule has 2 atom stereocenters. The van der Waals surface area contributed by atoms with Crippen molar-refractivity contribution in [2.75, 3.05) is 19.0 Å². The van der Waals surface area contributed by atoms with Crippen LogP contribution in [0.25, 0.3) is 0 Å². The van der Waals surface area contributed by atoms with E-state index < -0.39 is 0 Å². The van der Waals surface area contributed by atoms with Gasteiger partial charge in [-0.25, -0.2) is 4.98 Å². The fourth-order valence-electron chi connectivity index (χ4n) is 4.18. The summed E-state index contributed by atoms with van der Waals surface area (Å²) in [4.78, 5) is 5.91. The predicted octanol–water partition coefficient (Wildman–Crippen LogP) is 4.96. The third-order valence-electron chi connectivity index (χ3n) is 5.97. The van der Waals surface area contributed by atoms with Crippen LogP contribution in [0.15, 0.2) is 48.5 Å². The van der Waals surface area contributed by atoms with Gasteiger partial charge in [-0.1, -0.05) is 30.3 Å². The van der Waals surface area contributed by atoms with Gasteiger partial charge in [0.2, 0.25) is 0 Å². The van der Waals surface area contributed by atoms with Crippen LogP contribution in [0.5, 0.6) is 5.75 Å². The van der Waals surface area contributed by atoms with Gasteiger partial charge in [-0.15, -0.1) is 11.3 Å². The van der Waals surface area contributed by atoms with E-state index in [4.69, 9.17) is 4.74 Å². The molecule has 5 nitrogen and oxygen atoms in total. The second-order valence-electron chi connectivity index (χ2n) is 8.10. The quantitative estimate of drug-likeness (QED) is 0.466. The summed E-state index contributed by atoms with van der Waals surface area (Å²) in [5.74, 6) is 0.916. The first kappa shape index (κ1) is 21.8.